The molecule has 1 aromatic heterocycles. The van der Waals surface area contributed by atoms with Crippen LogP contribution in [0, 0.1) is 0 Å². The highest BCUT2D eigenvalue weighted by molar-refractivity contribution is 7.99. The van der Waals surface area contributed by atoms with E-state index in [0.717, 1.165) is 24.4 Å². The summed E-state index contributed by atoms with van der Waals surface area (Å²) in [6.45, 7) is 8.52. The summed E-state index contributed by atoms with van der Waals surface area (Å²) < 4.78 is 1.89. The van der Waals surface area contributed by atoms with E-state index in [4.69, 9.17) is 0 Å². The average molecular weight is 373 g/mol. The maximum Gasteiger partial charge on any atom is 0.233 e. The van der Waals surface area contributed by atoms with Crippen LogP contribution in [0.5, 0.6) is 0 Å². The molecule has 0 unspecified atom stereocenters. The van der Waals surface area contributed by atoms with Crippen molar-refractivity contribution >= 4 is 17.7 Å². The van der Waals surface area contributed by atoms with Gasteiger partial charge in [0.2, 0.25) is 11.1 Å². The highest BCUT2D eigenvalue weighted by Crippen LogP contribution is 2.26. The summed E-state index contributed by atoms with van der Waals surface area (Å²) in [5, 5.41) is 5.32. The fourth-order valence-electron chi connectivity index (χ4n) is 3.61. The monoisotopic (exact) mass is 372 g/mol. The molecule has 1 aliphatic rings. The highest BCUT2D eigenvalue weighted by Gasteiger charge is 2.29. The second-order valence-electron chi connectivity index (χ2n) is 7.37. The smallest absolute Gasteiger partial charge is 0.233 e. The molecule has 5 nitrogen and oxygen atoms in total. The second kappa shape index (κ2) is 8.25. The van der Waals surface area contributed by atoms with Crippen LogP contribution in [0.4, 0.5) is 0 Å². The summed E-state index contributed by atoms with van der Waals surface area (Å²) in [4.78, 5) is 19.5. The van der Waals surface area contributed by atoms with E-state index in [1.54, 1.807) is 0 Å². The molecular weight excluding hydrogens is 344 g/mol. The molecule has 3 rings (SSSR count). The van der Waals surface area contributed by atoms with Crippen LogP contribution in [0.2, 0.25) is 0 Å². The van der Waals surface area contributed by atoms with Gasteiger partial charge in [-0.2, -0.15) is 0 Å². The lowest BCUT2D eigenvalue weighted by Crippen LogP contribution is -2.48. The number of para-hydroxylation sites is 1. The minimum atomic E-state index is 0.192. The third-order valence-corrected chi connectivity index (χ3v) is 5.76. The number of thioether (sulfide) groups is 1. The number of likely N-dealkylation sites (tertiary alicyclic amines) is 1. The normalized spacial score (nSPS) is 20.6. The number of benzene rings is 1. The molecule has 1 aliphatic heterocycles. The standard InChI is InChI=1S/C20H28N4OS/c1-14(2)19-21-20(22-24(19)17-11-6-5-7-12-17)26-13-18(25)23-15(3)9-8-10-16(23)4/h5-7,11-12,14-16H,8-10,13H2,1-4H3/t15-,16-/m0/s1. The van der Waals surface area contributed by atoms with Crippen molar-refractivity contribution in [3.05, 3.63) is 36.2 Å². The molecule has 26 heavy (non-hydrogen) atoms. The molecule has 1 amide bonds. The van der Waals surface area contributed by atoms with Crippen LogP contribution in [-0.2, 0) is 4.79 Å². The van der Waals surface area contributed by atoms with Gasteiger partial charge in [0, 0.05) is 18.0 Å². The Hall–Kier alpha value is -1.82. The van der Waals surface area contributed by atoms with Crippen LogP contribution < -0.4 is 0 Å². The summed E-state index contributed by atoms with van der Waals surface area (Å²) in [7, 11) is 0. The number of rotatable bonds is 5. The van der Waals surface area contributed by atoms with Crippen LogP contribution in [0.25, 0.3) is 5.69 Å². The van der Waals surface area contributed by atoms with Gasteiger partial charge in [0.05, 0.1) is 11.4 Å². The fraction of sp³-hybridized carbons (Fsp3) is 0.550. The summed E-state index contributed by atoms with van der Waals surface area (Å²) in [6, 6.07) is 10.7. The van der Waals surface area contributed by atoms with Gasteiger partial charge < -0.3 is 4.90 Å². The zero-order valence-corrected chi connectivity index (χ0v) is 16.9. The molecule has 0 N–H and O–H groups in total. The van der Waals surface area contributed by atoms with Crippen LogP contribution in [0.3, 0.4) is 0 Å². The predicted molar refractivity (Wildman–Crippen MR) is 106 cm³/mol. The molecule has 0 radical (unpaired) electrons. The Kier molecular flexibility index (Phi) is 6.01. The minimum Gasteiger partial charge on any atom is -0.337 e. The van der Waals surface area contributed by atoms with Crippen LogP contribution in [0.15, 0.2) is 35.5 Å². The number of piperidine rings is 1. The van der Waals surface area contributed by atoms with Crippen molar-refractivity contribution in [2.75, 3.05) is 5.75 Å². The molecule has 2 aromatic rings. The molecule has 0 saturated carbocycles. The maximum absolute atomic E-state index is 12.7. The number of nitrogens with zero attached hydrogens (tertiary/aromatic N) is 4. The lowest BCUT2D eigenvalue weighted by molar-refractivity contribution is -0.134. The SMILES string of the molecule is CC(C)c1nc(SCC(=O)N2[C@@H](C)CCC[C@@H]2C)nn1-c1ccccc1. The minimum absolute atomic E-state index is 0.192. The van der Waals surface area contributed by atoms with E-state index >= 15 is 0 Å². The van der Waals surface area contributed by atoms with Crippen molar-refractivity contribution < 1.29 is 4.79 Å². The van der Waals surface area contributed by atoms with Gasteiger partial charge in [-0.25, -0.2) is 9.67 Å². The van der Waals surface area contributed by atoms with Crippen molar-refractivity contribution in [1.29, 1.82) is 0 Å². The Balaban J connectivity index is 1.73. The molecular formula is C20H28N4OS. The Morgan fingerprint density at radius 1 is 1.19 bits per heavy atom. The maximum atomic E-state index is 12.7. The first-order valence-electron chi connectivity index (χ1n) is 9.43. The average Bonchev–Trinajstić information content (AvgIpc) is 3.05. The Bertz CT molecular complexity index is 734. The third-order valence-electron chi connectivity index (χ3n) is 4.94. The van der Waals surface area contributed by atoms with Gasteiger partial charge in [0.15, 0.2) is 0 Å². The fourth-order valence-corrected chi connectivity index (χ4v) is 4.31. The van der Waals surface area contributed by atoms with E-state index in [9.17, 15) is 4.79 Å². The summed E-state index contributed by atoms with van der Waals surface area (Å²) in [6.07, 6.45) is 3.40. The van der Waals surface area contributed by atoms with Gasteiger partial charge >= 0.3 is 0 Å². The van der Waals surface area contributed by atoms with E-state index in [0.29, 0.717) is 23.0 Å². The molecule has 1 saturated heterocycles. The van der Waals surface area contributed by atoms with Crippen LogP contribution in [-0.4, -0.2) is 43.4 Å². The first kappa shape index (κ1) is 19.0. The number of carbonyl (C=O) groups is 1. The number of hydrogen-bond acceptors (Lipinski definition) is 4. The number of amides is 1. The number of hydrogen-bond donors (Lipinski definition) is 0. The lowest BCUT2D eigenvalue weighted by atomic mass is 9.98. The van der Waals surface area contributed by atoms with E-state index in [1.165, 1.54) is 18.2 Å². The highest BCUT2D eigenvalue weighted by atomic mass is 32.2. The number of carbonyl (C=O) groups excluding carboxylic acids is 1. The van der Waals surface area contributed by atoms with E-state index in [1.807, 2.05) is 39.9 Å². The van der Waals surface area contributed by atoms with Crippen molar-refractivity contribution in [1.82, 2.24) is 19.7 Å². The zero-order chi connectivity index (χ0) is 18.7. The van der Waals surface area contributed by atoms with E-state index in [-0.39, 0.29) is 11.8 Å². The molecule has 0 bridgehead atoms. The first-order valence-corrected chi connectivity index (χ1v) is 10.4. The van der Waals surface area contributed by atoms with Crippen molar-refractivity contribution in [3.8, 4) is 5.69 Å². The Labute approximate surface area is 160 Å². The molecule has 2 heterocycles. The molecule has 6 heteroatoms. The topological polar surface area (TPSA) is 51.0 Å². The van der Waals surface area contributed by atoms with Crippen molar-refractivity contribution in [2.45, 2.75) is 70.1 Å². The van der Waals surface area contributed by atoms with E-state index in [2.05, 4.69) is 37.8 Å². The lowest BCUT2D eigenvalue weighted by Gasteiger charge is -2.39. The summed E-state index contributed by atoms with van der Waals surface area (Å²) in [5.41, 5.74) is 1.00. The molecule has 0 spiro atoms. The first-order chi connectivity index (χ1) is 12.5. The summed E-state index contributed by atoms with van der Waals surface area (Å²) >= 11 is 1.44. The second-order valence-corrected chi connectivity index (χ2v) is 8.32. The van der Waals surface area contributed by atoms with Gasteiger partial charge in [0.25, 0.3) is 0 Å². The van der Waals surface area contributed by atoms with Gasteiger partial charge in [-0.15, -0.1) is 5.10 Å². The molecule has 0 aliphatic carbocycles. The third kappa shape index (κ3) is 4.11. The van der Waals surface area contributed by atoms with Gasteiger partial charge in [-0.3, -0.25) is 4.79 Å². The Morgan fingerprint density at radius 2 is 1.85 bits per heavy atom. The van der Waals surface area contributed by atoms with Gasteiger partial charge in [-0.05, 0) is 45.2 Å². The summed E-state index contributed by atoms with van der Waals surface area (Å²) in [5.74, 6) is 1.77. The number of aromatic nitrogens is 3. The largest absolute Gasteiger partial charge is 0.337 e. The van der Waals surface area contributed by atoms with Crippen molar-refractivity contribution in [2.24, 2.45) is 0 Å². The predicted octanol–water partition coefficient (Wildman–Crippen LogP) is 4.27. The van der Waals surface area contributed by atoms with Gasteiger partial charge in [-0.1, -0.05) is 43.8 Å². The van der Waals surface area contributed by atoms with E-state index < -0.39 is 0 Å². The van der Waals surface area contributed by atoms with Gasteiger partial charge in [0.1, 0.15) is 5.82 Å². The zero-order valence-electron chi connectivity index (χ0n) is 16.1. The molecule has 2 atom stereocenters. The molecule has 1 aromatic carbocycles. The van der Waals surface area contributed by atoms with Crippen LogP contribution >= 0.6 is 11.8 Å². The quantitative estimate of drug-likeness (QED) is 0.736. The van der Waals surface area contributed by atoms with Crippen LogP contribution in [0.1, 0.15) is 58.7 Å². The molecule has 1 fully saturated rings. The van der Waals surface area contributed by atoms with Crippen molar-refractivity contribution in [3.63, 3.8) is 0 Å². The Morgan fingerprint density at radius 3 is 2.46 bits per heavy atom. The molecule has 140 valence electrons.